The molecule has 0 radical (unpaired) electrons. The van der Waals surface area contributed by atoms with Crippen LogP contribution < -0.4 is 5.32 Å². The van der Waals surface area contributed by atoms with E-state index >= 15 is 0 Å². The molecule has 0 saturated heterocycles. The maximum atomic E-state index is 11.7. The molecule has 0 saturated carbocycles. The van der Waals surface area contributed by atoms with Crippen molar-refractivity contribution in [3.63, 3.8) is 0 Å². The fraction of sp³-hybridized carbons (Fsp3) is 0.125. The Balaban J connectivity index is 1.84. The number of carboxylic acids is 1. The first-order valence-corrected chi connectivity index (χ1v) is 6.54. The molecule has 0 aliphatic carbocycles. The molecule has 0 aliphatic heterocycles. The average molecular weight is 301 g/mol. The lowest BCUT2D eigenvalue weighted by Gasteiger charge is -2.08. The van der Waals surface area contributed by atoms with E-state index in [-0.39, 0.29) is 12.2 Å². The van der Waals surface area contributed by atoms with Crippen LogP contribution >= 0.6 is 0 Å². The normalized spacial score (nSPS) is 10.2. The van der Waals surface area contributed by atoms with Crippen LogP contribution in [-0.4, -0.2) is 28.7 Å². The molecule has 0 aromatic heterocycles. The van der Waals surface area contributed by atoms with Crippen LogP contribution in [0.1, 0.15) is 15.9 Å². The third kappa shape index (κ3) is 4.32. The number of rotatable bonds is 6. The number of amides is 1. The van der Waals surface area contributed by atoms with E-state index in [2.05, 4.69) is 5.32 Å². The second-order valence-electron chi connectivity index (χ2n) is 4.56. The first-order chi connectivity index (χ1) is 10.6. The third-order valence-electron chi connectivity index (χ3n) is 2.86. The summed E-state index contributed by atoms with van der Waals surface area (Å²) in [4.78, 5) is 22.5. The highest BCUT2D eigenvalue weighted by molar-refractivity contribution is 5.94. The number of hydrogen-bond acceptors (Lipinski definition) is 4. The molecule has 1 amide bonds. The minimum atomic E-state index is -1.23. The van der Waals surface area contributed by atoms with Crippen LogP contribution in [0, 0.1) is 0 Å². The molecular formula is C16H15NO5. The SMILES string of the molecule is O=C(COCc1ccccc1)Nc1ccc(C(=O)O)c(O)c1. The van der Waals surface area contributed by atoms with E-state index in [9.17, 15) is 14.7 Å². The zero-order valence-corrected chi connectivity index (χ0v) is 11.7. The van der Waals surface area contributed by atoms with Crippen molar-refractivity contribution in [3.05, 3.63) is 59.7 Å². The Morgan fingerprint density at radius 3 is 2.45 bits per heavy atom. The molecule has 6 nitrogen and oxygen atoms in total. The van der Waals surface area contributed by atoms with Gasteiger partial charge in [0.1, 0.15) is 17.9 Å². The summed E-state index contributed by atoms with van der Waals surface area (Å²) in [6, 6.07) is 13.2. The van der Waals surface area contributed by atoms with Gasteiger partial charge in [-0.25, -0.2) is 4.79 Å². The van der Waals surface area contributed by atoms with Gasteiger partial charge in [0.15, 0.2) is 0 Å². The first kappa shape index (κ1) is 15.5. The lowest BCUT2D eigenvalue weighted by atomic mass is 10.2. The Labute approximate surface area is 127 Å². The van der Waals surface area contributed by atoms with E-state index in [1.54, 1.807) is 0 Å². The van der Waals surface area contributed by atoms with Gasteiger partial charge in [0.2, 0.25) is 5.91 Å². The quantitative estimate of drug-likeness (QED) is 0.760. The summed E-state index contributed by atoms with van der Waals surface area (Å²) in [6.45, 7) is 0.174. The standard InChI is InChI=1S/C16H15NO5/c18-14-8-12(6-7-13(14)16(20)21)17-15(19)10-22-9-11-4-2-1-3-5-11/h1-8,18H,9-10H2,(H,17,19)(H,20,21). The fourth-order valence-corrected chi connectivity index (χ4v) is 1.82. The Hall–Kier alpha value is -2.86. The maximum Gasteiger partial charge on any atom is 0.339 e. The molecule has 0 aliphatic rings. The number of aromatic carboxylic acids is 1. The molecule has 0 bridgehead atoms. The second kappa shape index (κ2) is 7.24. The third-order valence-corrected chi connectivity index (χ3v) is 2.86. The Morgan fingerprint density at radius 1 is 1.09 bits per heavy atom. The molecule has 2 aromatic rings. The number of carboxylic acid groups (broad SMARTS) is 1. The van der Waals surface area contributed by atoms with Crippen molar-refractivity contribution in [1.29, 1.82) is 0 Å². The number of ether oxygens (including phenoxy) is 1. The van der Waals surface area contributed by atoms with Gasteiger partial charge in [-0.2, -0.15) is 0 Å². The maximum absolute atomic E-state index is 11.7. The van der Waals surface area contributed by atoms with Crippen LogP contribution in [-0.2, 0) is 16.1 Å². The van der Waals surface area contributed by atoms with Gasteiger partial charge in [-0.15, -0.1) is 0 Å². The number of hydrogen-bond donors (Lipinski definition) is 3. The lowest BCUT2D eigenvalue weighted by molar-refractivity contribution is -0.121. The zero-order valence-electron chi connectivity index (χ0n) is 11.7. The first-order valence-electron chi connectivity index (χ1n) is 6.54. The van der Waals surface area contributed by atoms with Crippen molar-refractivity contribution < 1.29 is 24.5 Å². The summed E-state index contributed by atoms with van der Waals surface area (Å²) in [5.41, 5.74) is 1.04. The van der Waals surface area contributed by atoms with Gasteiger partial charge >= 0.3 is 5.97 Å². The molecule has 114 valence electrons. The van der Waals surface area contributed by atoms with E-state index in [0.717, 1.165) is 5.56 Å². The molecule has 3 N–H and O–H groups in total. The van der Waals surface area contributed by atoms with Crippen molar-refractivity contribution in [3.8, 4) is 5.75 Å². The smallest absolute Gasteiger partial charge is 0.339 e. The van der Waals surface area contributed by atoms with Gasteiger partial charge in [0.05, 0.1) is 6.61 Å². The summed E-state index contributed by atoms with van der Waals surface area (Å²) >= 11 is 0. The minimum Gasteiger partial charge on any atom is -0.507 e. The van der Waals surface area contributed by atoms with Crippen LogP contribution in [0.3, 0.4) is 0 Å². The topological polar surface area (TPSA) is 95.9 Å². The molecule has 0 atom stereocenters. The van der Waals surface area contributed by atoms with Crippen LogP contribution in [0.4, 0.5) is 5.69 Å². The number of anilines is 1. The summed E-state index contributed by atoms with van der Waals surface area (Å²) in [6.07, 6.45) is 0. The lowest BCUT2D eigenvalue weighted by Crippen LogP contribution is -2.18. The predicted octanol–water partition coefficient (Wildman–Crippen LogP) is 2.25. The van der Waals surface area contributed by atoms with Crippen molar-refractivity contribution in [2.45, 2.75) is 6.61 Å². The van der Waals surface area contributed by atoms with E-state index in [1.165, 1.54) is 18.2 Å². The van der Waals surface area contributed by atoms with Gasteiger partial charge < -0.3 is 20.3 Å². The van der Waals surface area contributed by atoms with E-state index in [0.29, 0.717) is 12.3 Å². The Morgan fingerprint density at radius 2 is 1.82 bits per heavy atom. The van der Waals surface area contributed by atoms with Crippen molar-refractivity contribution in [2.24, 2.45) is 0 Å². The van der Waals surface area contributed by atoms with E-state index < -0.39 is 17.6 Å². The van der Waals surface area contributed by atoms with Crippen molar-refractivity contribution in [1.82, 2.24) is 0 Å². The number of benzene rings is 2. The monoisotopic (exact) mass is 301 g/mol. The van der Waals surface area contributed by atoms with Crippen LogP contribution in [0.25, 0.3) is 0 Å². The van der Waals surface area contributed by atoms with Gasteiger partial charge in [0, 0.05) is 11.8 Å². The highest BCUT2D eigenvalue weighted by Gasteiger charge is 2.11. The number of carbonyl (C=O) groups is 2. The highest BCUT2D eigenvalue weighted by Crippen LogP contribution is 2.21. The highest BCUT2D eigenvalue weighted by atomic mass is 16.5. The minimum absolute atomic E-state index is 0.143. The molecule has 22 heavy (non-hydrogen) atoms. The van der Waals surface area contributed by atoms with Gasteiger partial charge in [-0.3, -0.25) is 4.79 Å². The molecule has 6 heteroatoms. The van der Waals surface area contributed by atoms with Crippen molar-refractivity contribution >= 4 is 17.6 Å². The summed E-state index contributed by atoms with van der Waals surface area (Å²) in [5, 5.41) is 20.8. The molecule has 0 heterocycles. The predicted molar refractivity (Wildman–Crippen MR) is 79.8 cm³/mol. The van der Waals surface area contributed by atoms with E-state index in [4.69, 9.17) is 9.84 Å². The molecule has 0 unspecified atom stereocenters. The van der Waals surface area contributed by atoms with Gasteiger partial charge in [0.25, 0.3) is 0 Å². The van der Waals surface area contributed by atoms with Crippen LogP contribution in [0.5, 0.6) is 5.75 Å². The molecular weight excluding hydrogens is 286 g/mol. The zero-order chi connectivity index (χ0) is 15.9. The van der Waals surface area contributed by atoms with Crippen LogP contribution in [0.2, 0.25) is 0 Å². The Bertz CT molecular complexity index is 669. The summed E-state index contributed by atoms with van der Waals surface area (Å²) in [7, 11) is 0. The number of carbonyl (C=O) groups excluding carboxylic acids is 1. The molecule has 0 spiro atoms. The average Bonchev–Trinajstić information content (AvgIpc) is 2.48. The second-order valence-corrected chi connectivity index (χ2v) is 4.56. The van der Waals surface area contributed by atoms with E-state index in [1.807, 2.05) is 30.3 Å². The van der Waals surface area contributed by atoms with Crippen molar-refractivity contribution in [2.75, 3.05) is 11.9 Å². The molecule has 0 fully saturated rings. The van der Waals surface area contributed by atoms with Gasteiger partial charge in [-0.05, 0) is 17.7 Å². The summed E-state index contributed by atoms with van der Waals surface area (Å²) in [5.74, 6) is -2.03. The van der Waals surface area contributed by atoms with Gasteiger partial charge in [-0.1, -0.05) is 30.3 Å². The number of phenols is 1. The molecule has 2 rings (SSSR count). The fourth-order valence-electron chi connectivity index (χ4n) is 1.82. The number of aromatic hydroxyl groups is 1. The number of nitrogens with one attached hydrogen (secondary N) is 1. The largest absolute Gasteiger partial charge is 0.507 e. The van der Waals surface area contributed by atoms with Crippen LogP contribution in [0.15, 0.2) is 48.5 Å². The molecule has 2 aromatic carbocycles. The Kier molecular flexibility index (Phi) is 5.11. The summed E-state index contributed by atoms with van der Waals surface area (Å²) < 4.78 is 5.28.